The predicted molar refractivity (Wildman–Crippen MR) is 95.8 cm³/mol. The smallest absolute Gasteiger partial charge is 0.263 e. The van der Waals surface area contributed by atoms with Gasteiger partial charge < -0.3 is 14.6 Å². The van der Waals surface area contributed by atoms with E-state index in [0.29, 0.717) is 23.8 Å². The van der Waals surface area contributed by atoms with Crippen molar-refractivity contribution in [1.29, 1.82) is 0 Å². The van der Waals surface area contributed by atoms with Gasteiger partial charge in [0.2, 0.25) is 0 Å². The number of aryl methyl sites for hydroxylation is 2. The maximum absolute atomic E-state index is 13.5. The number of nitrogens with zero attached hydrogens (tertiary/aromatic N) is 1. The maximum atomic E-state index is 13.5. The molecule has 2 aromatic rings. The Morgan fingerprint density at radius 2 is 2.04 bits per heavy atom. The van der Waals surface area contributed by atoms with Crippen molar-refractivity contribution in [3.63, 3.8) is 0 Å². The molecule has 1 heterocycles. The topological polar surface area (TPSA) is 60.3 Å². The van der Waals surface area contributed by atoms with Gasteiger partial charge in [-0.3, -0.25) is 9.59 Å². The quantitative estimate of drug-likeness (QED) is 0.869. The van der Waals surface area contributed by atoms with Gasteiger partial charge in [-0.1, -0.05) is 13.8 Å². The molecule has 0 radical (unpaired) electrons. The molecule has 0 saturated heterocycles. The first-order valence-corrected chi connectivity index (χ1v) is 8.18. The van der Waals surface area contributed by atoms with Crippen molar-refractivity contribution < 1.29 is 13.9 Å². The van der Waals surface area contributed by atoms with Gasteiger partial charge in [-0.25, -0.2) is 4.39 Å². The third-order valence-electron chi connectivity index (χ3n) is 3.96. The Morgan fingerprint density at radius 3 is 2.68 bits per heavy atom. The Hall–Kier alpha value is -2.63. The number of rotatable bonds is 6. The summed E-state index contributed by atoms with van der Waals surface area (Å²) < 4.78 is 20.1. The molecule has 1 N–H and O–H groups in total. The van der Waals surface area contributed by atoms with Crippen LogP contribution in [-0.4, -0.2) is 17.6 Å². The summed E-state index contributed by atoms with van der Waals surface area (Å²) in [5.74, 6) is -0.314. The number of anilines is 1. The largest absolute Gasteiger partial charge is 0.495 e. The zero-order valence-corrected chi connectivity index (χ0v) is 14.9. The molecule has 1 aromatic heterocycles. The van der Waals surface area contributed by atoms with Crippen LogP contribution in [0.3, 0.4) is 0 Å². The molecule has 0 saturated carbocycles. The van der Waals surface area contributed by atoms with E-state index in [9.17, 15) is 14.0 Å². The molecule has 25 heavy (non-hydrogen) atoms. The molecular formula is C19H23FN2O3. The number of aromatic nitrogens is 1. The summed E-state index contributed by atoms with van der Waals surface area (Å²) in [4.78, 5) is 25.3. The van der Waals surface area contributed by atoms with Crippen molar-refractivity contribution in [2.24, 2.45) is 5.92 Å². The molecule has 0 aliphatic heterocycles. The van der Waals surface area contributed by atoms with Crippen molar-refractivity contribution in [3.8, 4) is 5.75 Å². The number of ether oxygens (including phenoxy) is 1. The molecule has 6 heteroatoms. The maximum Gasteiger partial charge on any atom is 0.263 e. The first kappa shape index (κ1) is 18.7. The SMILES string of the molecule is COc1ccc(F)cc1NC(=O)c1c(C)ccn(CCC(C)C)c1=O. The van der Waals surface area contributed by atoms with Crippen molar-refractivity contribution in [2.75, 3.05) is 12.4 Å². The van der Waals surface area contributed by atoms with Gasteiger partial charge in [0.1, 0.15) is 17.1 Å². The van der Waals surface area contributed by atoms with Gasteiger partial charge in [0, 0.05) is 18.8 Å². The molecule has 0 aliphatic carbocycles. The Morgan fingerprint density at radius 1 is 1.32 bits per heavy atom. The number of hydrogen-bond acceptors (Lipinski definition) is 3. The molecule has 0 fully saturated rings. The summed E-state index contributed by atoms with van der Waals surface area (Å²) in [6.45, 7) is 6.39. The van der Waals surface area contributed by atoms with Gasteiger partial charge in [0.25, 0.3) is 11.5 Å². The van der Waals surface area contributed by atoms with Crippen LogP contribution < -0.4 is 15.6 Å². The molecule has 0 unspecified atom stereocenters. The van der Waals surface area contributed by atoms with Crippen molar-refractivity contribution in [2.45, 2.75) is 33.7 Å². The van der Waals surface area contributed by atoms with Gasteiger partial charge >= 0.3 is 0 Å². The van der Waals surface area contributed by atoms with E-state index in [1.165, 1.54) is 23.8 Å². The molecule has 0 aliphatic rings. The first-order valence-electron chi connectivity index (χ1n) is 8.18. The van der Waals surface area contributed by atoms with Crippen LogP contribution >= 0.6 is 0 Å². The number of benzene rings is 1. The minimum Gasteiger partial charge on any atom is -0.495 e. The summed E-state index contributed by atoms with van der Waals surface area (Å²) in [5.41, 5.74) is 0.452. The van der Waals surface area contributed by atoms with E-state index in [4.69, 9.17) is 4.74 Å². The second-order valence-electron chi connectivity index (χ2n) is 6.35. The average molecular weight is 346 g/mol. The fraction of sp³-hybridized carbons (Fsp3) is 0.368. The van der Waals surface area contributed by atoms with Crippen molar-refractivity contribution >= 4 is 11.6 Å². The number of carbonyl (C=O) groups excluding carboxylic acids is 1. The van der Waals surface area contributed by atoms with E-state index < -0.39 is 11.7 Å². The number of hydrogen-bond donors (Lipinski definition) is 1. The first-order chi connectivity index (χ1) is 11.8. The highest BCUT2D eigenvalue weighted by atomic mass is 19.1. The molecule has 134 valence electrons. The van der Waals surface area contributed by atoms with Gasteiger partial charge in [-0.2, -0.15) is 0 Å². The Kier molecular flexibility index (Phi) is 5.96. The van der Waals surface area contributed by atoms with E-state index in [1.807, 2.05) is 0 Å². The highest BCUT2D eigenvalue weighted by Gasteiger charge is 2.18. The lowest BCUT2D eigenvalue weighted by Crippen LogP contribution is -2.30. The second kappa shape index (κ2) is 7.96. The molecule has 0 bridgehead atoms. The van der Waals surface area contributed by atoms with Gasteiger partial charge in [-0.05, 0) is 43.0 Å². The van der Waals surface area contributed by atoms with E-state index in [2.05, 4.69) is 19.2 Å². The number of carbonyl (C=O) groups is 1. The van der Waals surface area contributed by atoms with Crippen LogP contribution in [0.4, 0.5) is 10.1 Å². The zero-order chi connectivity index (χ0) is 18.6. The number of amides is 1. The summed E-state index contributed by atoms with van der Waals surface area (Å²) >= 11 is 0. The van der Waals surface area contributed by atoms with Gasteiger partial charge in [-0.15, -0.1) is 0 Å². The lowest BCUT2D eigenvalue weighted by atomic mass is 10.1. The van der Waals surface area contributed by atoms with Crippen LogP contribution in [0.15, 0.2) is 35.3 Å². The number of methoxy groups -OCH3 is 1. The molecule has 0 spiro atoms. The molecule has 1 aromatic carbocycles. The third-order valence-corrected chi connectivity index (χ3v) is 3.96. The third kappa shape index (κ3) is 4.47. The number of pyridine rings is 1. The van der Waals surface area contributed by atoms with Crippen molar-refractivity contribution in [1.82, 2.24) is 4.57 Å². The van der Waals surface area contributed by atoms with E-state index in [0.717, 1.165) is 12.5 Å². The lowest BCUT2D eigenvalue weighted by Gasteiger charge is -2.13. The van der Waals surface area contributed by atoms with E-state index in [1.54, 1.807) is 19.2 Å². The normalized spacial score (nSPS) is 10.8. The molecular weight excluding hydrogens is 323 g/mol. The molecule has 2 rings (SSSR count). The summed E-state index contributed by atoms with van der Waals surface area (Å²) in [6.07, 6.45) is 2.53. The predicted octanol–water partition coefficient (Wildman–Crippen LogP) is 3.60. The Labute approximate surface area is 146 Å². The van der Waals surface area contributed by atoms with E-state index >= 15 is 0 Å². The molecule has 5 nitrogen and oxygen atoms in total. The number of halogens is 1. The van der Waals surface area contributed by atoms with Crippen LogP contribution in [-0.2, 0) is 6.54 Å². The van der Waals surface area contributed by atoms with Crippen LogP contribution in [0.1, 0.15) is 36.2 Å². The standard InChI is InChI=1S/C19H23FN2O3/c1-12(2)7-9-22-10-8-13(3)17(19(22)24)18(23)21-15-11-14(20)5-6-16(15)25-4/h5-6,8,10-12H,7,9H2,1-4H3,(H,21,23). The van der Waals surface area contributed by atoms with Crippen LogP contribution in [0.25, 0.3) is 0 Å². The fourth-order valence-electron chi connectivity index (χ4n) is 2.48. The average Bonchev–Trinajstić information content (AvgIpc) is 2.54. The molecule has 1 amide bonds. The fourth-order valence-corrected chi connectivity index (χ4v) is 2.48. The minimum atomic E-state index is -0.578. The minimum absolute atomic E-state index is 0.0533. The van der Waals surface area contributed by atoms with E-state index in [-0.39, 0.29) is 16.8 Å². The highest BCUT2D eigenvalue weighted by Crippen LogP contribution is 2.25. The van der Waals surface area contributed by atoms with Crippen molar-refractivity contribution in [3.05, 3.63) is 57.8 Å². The Bertz CT molecular complexity index is 828. The van der Waals surface area contributed by atoms with Gasteiger partial charge in [0.05, 0.1) is 12.8 Å². The van der Waals surface area contributed by atoms with Crippen LogP contribution in [0, 0.1) is 18.7 Å². The molecule has 0 atom stereocenters. The monoisotopic (exact) mass is 346 g/mol. The summed E-state index contributed by atoms with van der Waals surface area (Å²) in [6, 6.07) is 5.55. The lowest BCUT2D eigenvalue weighted by molar-refractivity contribution is 0.102. The second-order valence-corrected chi connectivity index (χ2v) is 6.35. The number of nitrogens with one attached hydrogen (secondary N) is 1. The highest BCUT2D eigenvalue weighted by molar-refractivity contribution is 6.05. The summed E-state index contributed by atoms with van der Waals surface area (Å²) in [5, 5.41) is 2.58. The summed E-state index contributed by atoms with van der Waals surface area (Å²) in [7, 11) is 1.43. The zero-order valence-electron chi connectivity index (χ0n) is 14.9. The Balaban J connectivity index is 2.35. The van der Waals surface area contributed by atoms with Crippen LogP contribution in [0.5, 0.6) is 5.75 Å². The van der Waals surface area contributed by atoms with Gasteiger partial charge in [0.15, 0.2) is 0 Å². The van der Waals surface area contributed by atoms with Crippen LogP contribution in [0.2, 0.25) is 0 Å².